The first-order chi connectivity index (χ1) is 14.6. The SMILES string of the molecule is CC1(O)CCC2(CCC(=O)N3CCCC3)C(NC(=O)Cc3cccs3)CC(C)(C)C2C1. The summed E-state index contributed by atoms with van der Waals surface area (Å²) in [5, 5.41) is 16.3. The maximum absolute atomic E-state index is 12.9. The number of aliphatic hydroxyl groups is 1. The van der Waals surface area contributed by atoms with Crippen LogP contribution in [0.25, 0.3) is 0 Å². The van der Waals surface area contributed by atoms with Crippen LogP contribution >= 0.6 is 11.3 Å². The first-order valence-electron chi connectivity index (χ1n) is 11.9. The minimum Gasteiger partial charge on any atom is -0.390 e. The van der Waals surface area contributed by atoms with E-state index in [9.17, 15) is 14.7 Å². The Morgan fingerprint density at radius 3 is 2.61 bits per heavy atom. The molecule has 2 N–H and O–H groups in total. The van der Waals surface area contributed by atoms with Gasteiger partial charge in [-0.2, -0.15) is 0 Å². The highest BCUT2D eigenvalue weighted by molar-refractivity contribution is 7.10. The highest BCUT2D eigenvalue weighted by Crippen LogP contribution is 2.63. The Hall–Kier alpha value is -1.40. The van der Waals surface area contributed by atoms with Crippen molar-refractivity contribution in [2.75, 3.05) is 13.1 Å². The molecule has 172 valence electrons. The molecule has 0 bridgehead atoms. The van der Waals surface area contributed by atoms with E-state index >= 15 is 0 Å². The fourth-order valence-corrected chi connectivity index (χ4v) is 7.42. The minimum absolute atomic E-state index is 0.0159. The van der Waals surface area contributed by atoms with E-state index in [0.29, 0.717) is 18.8 Å². The normalized spacial score (nSPS) is 34.5. The Labute approximate surface area is 190 Å². The van der Waals surface area contributed by atoms with Gasteiger partial charge in [-0.15, -0.1) is 11.3 Å². The molecule has 6 heteroatoms. The zero-order chi connectivity index (χ0) is 22.3. The standard InChI is InChI=1S/C25H38N2O3S/c1-23(2)17-20(26-21(28)15-18-7-6-14-31-18)25(11-10-24(3,30)16-19(23)25)9-8-22(29)27-12-4-5-13-27/h6-7,14,19-20,30H,4-5,8-13,15-17H2,1-3H3,(H,26,28). The highest BCUT2D eigenvalue weighted by Gasteiger charge is 2.61. The van der Waals surface area contributed by atoms with Gasteiger partial charge in [-0.05, 0) is 80.1 Å². The fraction of sp³-hybridized carbons (Fsp3) is 0.760. The number of nitrogens with zero attached hydrogens (tertiary/aromatic N) is 1. The predicted octanol–water partition coefficient (Wildman–Crippen LogP) is 4.15. The molecular formula is C25H38N2O3S. The molecule has 3 aliphatic rings. The molecule has 4 rings (SSSR count). The molecular weight excluding hydrogens is 408 g/mol. The lowest BCUT2D eigenvalue weighted by Gasteiger charge is -2.51. The fourth-order valence-electron chi connectivity index (χ4n) is 6.71. The van der Waals surface area contributed by atoms with Crippen molar-refractivity contribution >= 4 is 23.2 Å². The van der Waals surface area contributed by atoms with Crippen LogP contribution < -0.4 is 5.32 Å². The molecule has 1 aliphatic heterocycles. The summed E-state index contributed by atoms with van der Waals surface area (Å²) in [6.45, 7) is 8.28. The number of nitrogens with one attached hydrogen (secondary N) is 1. The maximum atomic E-state index is 12.9. The minimum atomic E-state index is -0.666. The van der Waals surface area contributed by atoms with Gasteiger partial charge in [-0.3, -0.25) is 9.59 Å². The van der Waals surface area contributed by atoms with E-state index < -0.39 is 5.60 Å². The molecule has 3 fully saturated rings. The molecule has 0 radical (unpaired) electrons. The number of carbonyl (C=O) groups excluding carboxylic acids is 2. The second kappa shape index (κ2) is 8.51. The first kappa shape index (κ1) is 22.8. The van der Waals surface area contributed by atoms with Crippen LogP contribution in [0.3, 0.4) is 0 Å². The lowest BCUT2D eigenvalue weighted by atomic mass is 9.57. The molecule has 2 heterocycles. The van der Waals surface area contributed by atoms with Crippen LogP contribution in [0.4, 0.5) is 0 Å². The highest BCUT2D eigenvalue weighted by atomic mass is 32.1. The van der Waals surface area contributed by atoms with Crippen molar-refractivity contribution in [2.24, 2.45) is 16.7 Å². The Morgan fingerprint density at radius 1 is 1.19 bits per heavy atom. The summed E-state index contributed by atoms with van der Waals surface area (Å²) in [4.78, 5) is 28.9. The molecule has 1 saturated heterocycles. The van der Waals surface area contributed by atoms with Gasteiger partial charge in [0.1, 0.15) is 0 Å². The molecule has 1 aromatic rings. The van der Waals surface area contributed by atoms with Gasteiger partial charge >= 0.3 is 0 Å². The van der Waals surface area contributed by atoms with Gasteiger partial charge in [0.25, 0.3) is 0 Å². The average molecular weight is 447 g/mol. The number of thiophene rings is 1. The van der Waals surface area contributed by atoms with E-state index in [0.717, 1.165) is 62.9 Å². The van der Waals surface area contributed by atoms with Crippen molar-refractivity contribution in [1.29, 1.82) is 0 Å². The van der Waals surface area contributed by atoms with Gasteiger partial charge in [-0.25, -0.2) is 0 Å². The van der Waals surface area contributed by atoms with Crippen LogP contribution in [0.5, 0.6) is 0 Å². The van der Waals surface area contributed by atoms with E-state index in [1.165, 1.54) is 0 Å². The van der Waals surface area contributed by atoms with E-state index in [4.69, 9.17) is 0 Å². The lowest BCUT2D eigenvalue weighted by Crippen LogP contribution is -2.53. The summed E-state index contributed by atoms with van der Waals surface area (Å²) in [6.07, 6.45) is 7.23. The third-order valence-corrected chi connectivity index (χ3v) is 9.22. The monoisotopic (exact) mass is 446 g/mol. The molecule has 2 amide bonds. The summed E-state index contributed by atoms with van der Waals surface area (Å²) in [5.41, 5.74) is -0.769. The predicted molar refractivity (Wildman–Crippen MR) is 124 cm³/mol. The zero-order valence-corrected chi connectivity index (χ0v) is 20.1. The quantitative estimate of drug-likeness (QED) is 0.690. The van der Waals surface area contributed by atoms with E-state index in [1.807, 2.05) is 29.3 Å². The number of carbonyl (C=O) groups is 2. The average Bonchev–Trinajstić information content (AvgIpc) is 3.42. The van der Waals surface area contributed by atoms with Crippen LogP contribution in [-0.4, -0.2) is 46.6 Å². The summed E-state index contributed by atoms with van der Waals surface area (Å²) in [6, 6.07) is 4.05. The summed E-state index contributed by atoms with van der Waals surface area (Å²) < 4.78 is 0. The Morgan fingerprint density at radius 2 is 1.94 bits per heavy atom. The second-order valence-corrected chi connectivity index (χ2v) is 12.2. The molecule has 5 nitrogen and oxygen atoms in total. The van der Waals surface area contributed by atoms with Gasteiger partial charge in [-0.1, -0.05) is 19.9 Å². The van der Waals surface area contributed by atoms with Crippen molar-refractivity contribution in [3.8, 4) is 0 Å². The van der Waals surface area contributed by atoms with Crippen molar-refractivity contribution in [3.05, 3.63) is 22.4 Å². The van der Waals surface area contributed by atoms with Crippen LogP contribution in [0.1, 0.15) is 77.0 Å². The van der Waals surface area contributed by atoms with Gasteiger partial charge < -0.3 is 15.3 Å². The van der Waals surface area contributed by atoms with Crippen LogP contribution in [-0.2, 0) is 16.0 Å². The molecule has 1 aromatic heterocycles. The molecule has 4 atom stereocenters. The molecule has 4 unspecified atom stereocenters. The second-order valence-electron chi connectivity index (χ2n) is 11.1. The van der Waals surface area contributed by atoms with Crippen molar-refractivity contribution in [2.45, 2.75) is 90.2 Å². The smallest absolute Gasteiger partial charge is 0.225 e. The Bertz CT molecular complexity index is 798. The van der Waals surface area contributed by atoms with Gasteiger partial charge in [0.2, 0.25) is 11.8 Å². The van der Waals surface area contributed by atoms with Gasteiger partial charge in [0, 0.05) is 30.4 Å². The molecule has 0 aromatic carbocycles. The number of likely N-dealkylation sites (tertiary alicyclic amines) is 1. The molecule has 2 aliphatic carbocycles. The van der Waals surface area contributed by atoms with E-state index in [-0.39, 0.29) is 28.7 Å². The lowest BCUT2D eigenvalue weighted by molar-refractivity contribution is -0.132. The topological polar surface area (TPSA) is 69.6 Å². The van der Waals surface area contributed by atoms with Crippen molar-refractivity contribution < 1.29 is 14.7 Å². The summed E-state index contributed by atoms with van der Waals surface area (Å²) in [7, 11) is 0. The Kier molecular flexibility index (Phi) is 6.25. The largest absolute Gasteiger partial charge is 0.390 e. The molecule has 0 spiro atoms. The van der Waals surface area contributed by atoms with Crippen molar-refractivity contribution in [3.63, 3.8) is 0 Å². The van der Waals surface area contributed by atoms with Crippen LogP contribution in [0, 0.1) is 16.7 Å². The van der Waals surface area contributed by atoms with Crippen LogP contribution in [0.15, 0.2) is 17.5 Å². The zero-order valence-electron chi connectivity index (χ0n) is 19.3. The first-order valence-corrected chi connectivity index (χ1v) is 12.8. The van der Waals surface area contributed by atoms with Crippen molar-refractivity contribution in [1.82, 2.24) is 10.2 Å². The molecule has 31 heavy (non-hydrogen) atoms. The Balaban J connectivity index is 1.54. The number of hydrogen-bond donors (Lipinski definition) is 2. The van der Waals surface area contributed by atoms with E-state index in [2.05, 4.69) is 19.2 Å². The number of fused-ring (bicyclic) bond motifs is 1. The van der Waals surface area contributed by atoms with Crippen LogP contribution in [0.2, 0.25) is 0 Å². The number of rotatable bonds is 6. The third-order valence-electron chi connectivity index (χ3n) is 8.35. The van der Waals surface area contributed by atoms with Gasteiger partial charge in [0.05, 0.1) is 12.0 Å². The number of amides is 2. The number of hydrogen-bond acceptors (Lipinski definition) is 4. The summed E-state index contributed by atoms with van der Waals surface area (Å²) >= 11 is 1.61. The van der Waals surface area contributed by atoms with Gasteiger partial charge in [0.15, 0.2) is 0 Å². The van der Waals surface area contributed by atoms with E-state index in [1.54, 1.807) is 11.3 Å². The maximum Gasteiger partial charge on any atom is 0.225 e. The third kappa shape index (κ3) is 4.70. The molecule has 2 saturated carbocycles. The summed E-state index contributed by atoms with van der Waals surface area (Å²) in [5.74, 6) is 0.630.